The number of nitrogens with one attached hydrogen (secondary N) is 3. The number of Topliss-reactive ketones (excluding diaryl/α,β-unsaturated/α-hetero) is 1. The Bertz CT molecular complexity index is 1850. The lowest BCUT2D eigenvalue weighted by molar-refractivity contribution is -0.116. The maximum Gasteiger partial charge on any atom is 0.224 e. The van der Waals surface area contributed by atoms with Crippen LogP contribution in [0.1, 0.15) is 42.8 Å². The number of carbonyl (C=O) groups excluding carboxylic acids is 2. The molecule has 6 rings (SSSR count). The van der Waals surface area contributed by atoms with Gasteiger partial charge in [0.2, 0.25) is 5.91 Å². The van der Waals surface area contributed by atoms with Gasteiger partial charge in [0.25, 0.3) is 0 Å². The van der Waals surface area contributed by atoms with Crippen molar-refractivity contribution >= 4 is 50.8 Å². The molecule has 0 aliphatic rings. The molecule has 6 heterocycles. The molecule has 6 aromatic heterocycles. The Morgan fingerprint density at radius 3 is 2.79 bits per heavy atom. The van der Waals surface area contributed by atoms with Gasteiger partial charge in [-0.25, -0.2) is 9.97 Å². The number of hydrogen-bond acceptors (Lipinski definition) is 8. The number of amides is 1. The number of ketones is 1. The number of rotatable bonds is 8. The van der Waals surface area contributed by atoms with E-state index in [0.29, 0.717) is 39.8 Å². The summed E-state index contributed by atoms with van der Waals surface area (Å²) in [5.74, 6) is 0.565. The van der Waals surface area contributed by atoms with Crippen molar-refractivity contribution in [2.45, 2.75) is 33.1 Å². The minimum Gasteiger partial charge on any atom is -0.335 e. The zero-order chi connectivity index (χ0) is 26.9. The van der Waals surface area contributed by atoms with E-state index in [1.54, 1.807) is 31.7 Å². The van der Waals surface area contributed by atoms with Gasteiger partial charge in [-0.2, -0.15) is 5.10 Å². The predicted octanol–water partition coefficient (Wildman–Crippen LogP) is 6.02. The van der Waals surface area contributed by atoms with E-state index in [-0.39, 0.29) is 11.7 Å². The minimum absolute atomic E-state index is 0.0331. The van der Waals surface area contributed by atoms with Gasteiger partial charge in [0.1, 0.15) is 5.69 Å². The number of nitrogens with zero attached hydrogens (tertiary/aromatic N) is 5. The van der Waals surface area contributed by atoms with Gasteiger partial charge in [0.15, 0.2) is 17.3 Å². The molecule has 0 bridgehead atoms. The quantitative estimate of drug-likeness (QED) is 0.202. The molecule has 10 nitrogen and oxygen atoms in total. The molecule has 0 saturated carbocycles. The fourth-order valence-corrected chi connectivity index (χ4v) is 5.30. The van der Waals surface area contributed by atoms with Crippen LogP contribution in [0.25, 0.3) is 55.3 Å². The number of thiophene rings is 1. The summed E-state index contributed by atoms with van der Waals surface area (Å²) in [7, 11) is 0. The maximum atomic E-state index is 12.2. The molecule has 194 valence electrons. The average molecular weight is 537 g/mol. The minimum atomic E-state index is -0.0331. The summed E-state index contributed by atoms with van der Waals surface area (Å²) in [5.41, 5.74) is 5.71. The van der Waals surface area contributed by atoms with Crippen LogP contribution in [0.2, 0.25) is 0 Å². The number of imidazole rings is 1. The summed E-state index contributed by atoms with van der Waals surface area (Å²) in [6.45, 7) is 3.62. The lowest BCUT2D eigenvalue weighted by atomic mass is 10.1. The molecule has 0 aliphatic heterocycles. The Morgan fingerprint density at radius 1 is 1.08 bits per heavy atom. The van der Waals surface area contributed by atoms with Crippen LogP contribution in [0.3, 0.4) is 0 Å². The number of aromatic nitrogens is 7. The van der Waals surface area contributed by atoms with Crippen molar-refractivity contribution < 1.29 is 9.59 Å². The third kappa shape index (κ3) is 4.79. The van der Waals surface area contributed by atoms with E-state index < -0.39 is 0 Å². The van der Waals surface area contributed by atoms with Crippen LogP contribution in [0.4, 0.5) is 5.69 Å². The molecule has 6 aromatic rings. The van der Waals surface area contributed by atoms with Crippen LogP contribution in [0.15, 0.2) is 55.1 Å². The highest BCUT2D eigenvalue weighted by Gasteiger charge is 2.18. The highest BCUT2D eigenvalue weighted by atomic mass is 32.1. The summed E-state index contributed by atoms with van der Waals surface area (Å²) in [6.07, 6.45) is 9.04. The van der Waals surface area contributed by atoms with Crippen LogP contribution >= 0.6 is 11.3 Å². The number of carbonyl (C=O) groups is 2. The molecule has 0 radical (unpaired) electrons. The first kappa shape index (κ1) is 24.6. The van der Waals surface area contributed by atoms with Gasteiger partial charge in [-0.05, 0) is 43.7 Å². The zero-order valence-corrected chi connectivity index (χ0v) is 22.1. The SMILES string of the molecule is CCCCC(=O)Nc1cncc(-c2cc3c(-c4nc5nccc(-c6ccc(C(C)=O)s6)c5[nH]4)n[nH]c3cn2)c1. The van der Waals surface area contributed by atoms with Crippen LogP contribution in [-0.4, -0.2) is 46.8 Å². The number of pyridine rings is 3. The lowest BCUT2D eigenvalue weighted by Crippen LogP contribution is -2.11. The summed E-state index contributed by atoms with van der Waals surface area (Å²) in [4.78, 5) is 47.1. The third-order valence-electron chi connectivity index (χ3n) is 6.36. The Hall–Kier alpha value is -4.77. The van der Waals surface area contributed by atoms with E-state index in [9.17, 15) is 9.59 Å². The molecule has 39 heavy (non-hydrogen) atoms. The van der Waals surface area contributed by atoms with Crippen molar-refractivity contribution in [2.75, 3.05) is 5.32 Å². The number of unbranched alkanes of at least 4 members (excludes halogenated alkanes) is 1. The van der Waals surface area contributed by atoms with Crippen LogP contribution in [-0.2, 0) is 4.79 Å². The number of anilines is 1. The van der Waals surface area contributed by atoms with Crippen molar-refractivity contribution in [3.05, 3.63) is 60.0 Å². The second kappa shape index (κ2) is 10.2. The molecule has 0 saturated heterocycles. The molecule has 0 unspecified atom stereocenters. The number of fused-ring (bicyclic) bond motifs is 2. The average Bonchev–Trinajstić information content (AvgIpc) is 3.69. The molecule has 0 atom stereocenters. The number of aromatic amines is 2. The Labute approximate surface area is 227 Å². The van der Waals surface area contributed by atoms with E-state index in [1.807, 2.05) is 30.3 Å². The fraction of sp³-hybridized carbons (Fsp3) is 0.179. The highest BCUT2D eigenvalue weighted by Crippen LogP contribution is 2.35. The third-order valence-corrected chi connectivity index (χ3v) is 7.58. The summed E-state index contributed by atoms with van der Waals surface area (Å²) in [5, 5.41) is 11.3. The van der Waals surface area contributed by atoms with Gasteiger partial charge in [-0.3, -0.25) is 24.7 Å². The molecule has 0 aliphatic carbocycles. The summed E-state index contributed by atoms with van der Waals surface area (Å²) >= 11 is 1.44. The van der Waals surface area contributed by atoms with Gasteiger partial charge in [-0.15, -0.1) is 11.3 Å². The molecule has 0 aromatic carbocycles. The Morgan fingerprint density at radius 2 is 1.97 bits per heavy atom. The van der Waals surface area contributed by atoms with E-state index in [2.05, 4.69) is 42.4 Å². The number of hydrogen-bond donors (Lipinski definition) is 3. The zero-order valence-electron chi connectivity index (χ0n) is 21.3. The van der Waals surface area contributed by atoms with Gasteiger partial charge >= 0.3 is 0 Å². The van der Waals surface area contributed by atoms with Gasteiger partial charge in [0, 0.05) is 40.2 Å². The van der Waals surface area contributed by atoms with Crippen LogP contribution < -0.4 is 5.32 Å². The van der Waals surface area contributed by atoms with Crippen LogP contribution in [0, 0.1) is 0 Å². The highest BCUT2D eigenvalue weighted by molar-refractivity contribution is 7.17. The molecule has 0 fully saturated rings. The fourth-order valence-electron chi connectivity index (χ4n) is 4.36. The van der Waals surface area contributed by atoms with Crippen molar-refractivity contribution in [3.63, 3.8) is 0 Å². The number of H-pyrrole nitrogens is 2. The normalized spacial score (nSPS) is 11.3. The van der Waals surface area contributed by atoms with Crippen molar-refractivity contribution in [2.24, 2.45) is 0 Å². The van der Waals surface area contributed by atoms with E-state index in [1.165, 1.54) is 11.3 Å². The van der Waals surface area contributed by atoms with Crippen molar-refractivity contribution in [3.8, 4) is 33.2 Å². The smallest absolute Gasteiger partial charge is 0.224 e. The second-order valence-electron chi connectivity index (χ2n) is 9.16. The lowest BCUT2D eigenvalue weighted by Gasteiger charge is -2.07. The van der Waals surface area contributed by atoms with Gasteiger partial charge < -0.3 is 10.3 Å². The summed E-state index contributed by atoms with van der Waals surface area (Å²) in [6, 6.07) is 9.47. The van der Waals surface area contributed by atoms with Gasteiger partial charge in [0.05, 0.1) is 39.7 Å². The van der Waals surface area contributed by atoms with Crippen molar-refractivity contribution in [1.29, 1.82) is 0 Å². The molecular weight excluding hydrogens is 512 g/mol. The van der Waals surface area contributed by atoms with E-state index in [4.69, 9.17) is 4.98 Å². The van der Waals surface area contributed by atoms with Crippen molar-refractivity contribution in [1.82, 2.24) is 35.1 Å². The topological polar surface area (TPSA) is 142 Å². The van der Waals surface area contributed by atoms with E-state index in [0.717, 1.165) is 45.3 Å². The standard InChI is InChI=1S/C28H24N8O2S/c1-3-4-5-24(38)32-17-10-16(12-29-13-17)20-11-19-21(14-31-20)35-36-26(19)28-33-25-18(8-9-30-27(25)34-28)23-7-6-22(39-23)15(2)37/h6-14H,3-5H2,1-2H3,(H,32,38)(H,35,36)(H,30,33,34). The summed E-state index contributed by atoms with van der Waals surface area (Å²) < 4.78 is 0. The van der Waals surface area contributed by atoms with Gasteiger partial charge in [-0.1, -0.05) is 13.3 Å². The second-order valence-corrected chi connectivity index (χ2v) is 10.2. The first-order chi connectivity index (χ1) is 19.0. The maximum absolute atomic E-state index is 12.2. The van der Waals surface area contributed by atoms with Crippen LogP contribution in [0.5, 0.6) is 0 Å². The molecule has 11 heteroatoms. The first-order valence-corrected chi connectivity index (χ1v) is 13.4. The first-order valence-electron chi connectivity index (χ1n) is 12.6. The molecular formula is C28H24N8O2S. The molecule has 1 amide bonds. The molecule has 3 N–H and O–H groups in total. The molecule has 0 spiro atoms. The largest absolute Gasteiger partial charge is 0.335 e. The Kier molecular flexibility index (Phi) is 6.41. The monoisotopic (exact) mass is 536 g/mol. The van der Waals surface area contributed by atoms with E-state index >= 15 is 0 Å². The predicted molar refractivity (Wildman–Crippen MR) is 151 cm³/mol. The Balaban J connectivity index is 1.36.